The van der Waals surface area contributed by atoms with Crippen LogP contribution in [0.3, 0.4) is 0 Å². The molecule has 0 spiro atoms. The highest BCUT2D eigenvalue weighted by Crippen LogP contribution is 2.09. The first kappa shape index (κ1) is 13.4. The Morgan fingerprint density at radius 2 is 1.79 bits per heavy atom. The summed E-state index contributed by atoms with van der Waals surface area (Å²) in [6.07, 6.45) is 1.67. The molecule has 14 heavy (non-hydrogen) atoms. The monoisotopic (exact) mass is 221 g/mol. The van der Waals surface area contributed by atoms with Crippen LogP contribution in [0.1, 0.15) is 6.42 Å². The van der Waals surface area contributed by atoms with Crippen molar-refractivity contribution >= 4 is 14.4 Å². The lowest BCUT2D eigenvalue weighted by atomic mass is 10.5. The second-order valence-electron chi connectivity index (χ2n) is 3.26. The fourth-order valence-electron chi connectivity index (χ4n) is 1.05. The van der Waals surface area contributed by atoms with E-state index in [1.54, 1.807) is 0 Å². The van der Waals surface area contributed by atoms with Crippen molar-refractivity contribution in [3.63, 3.8) is 0 Å². The highest BCUT2D eigenvalue weighted by atomic mass is 28.3. The molecule has 0 aromatic heterocycles. The Kier molecular flexibility index (Phi) is 7.39. The first-order chi connectivity index (χ1) is 6.74. The highest BCUT2D eigenvalue weighted by molar-refractivity contribution is 6.79. The van der Waals surface area contributed by atoms with Crippen LogP contribution in [-0.2, 0) is 0 Å². The number of rotatable bonds is 8. The minimum atomic E-state index is -2.23. The zero-order chi connectivity index (χ0) is 10.9. The Morgan fingerprint density at radius 1 is 1.21 bits per heavy atom. The molecule has 0 aliphatic rings. The van der Waals surface area contributed by atoms with Crippen LogP contribution < -0.4 is 11.2 Å². The standard InChI is InChI=1S/C7H19N3O3Si/c8-4-10-9-2-1-3-14(5-11,6-12)7-13/h4,9,11-13H,1-3,5-7H2,(H2,8,10). The molecule has 0 radical (unpaired) electrons. The Labute approximate surface area is 84.4 Å². The second-order valence-corrected chi connectivity index (χ2v) is 7.71. The zero-order valence-corrected chi connectivity index (χ0v) is 9.19. The molecule has 0 saturated carbocycles. The van der Waals surface area contributed by atoms with Gasteiger partial charge in [0.25, 0.3) is 0 Å². The van der Waals surface area contributed by atoms with Crippen molar-refractivity contribution in [3.8, 4) is 0 Å². The molecule has 0 saturated heterocycles. The van der Waals surface area contributed by atoms with E-state index in [1.165, 1.54) is 0 Å². The van der Waals surface area contributed by atoms with Crippen molar-refractivity contribution < 1.29 is 15.3 Å². The van der Waals surface area contributed by atoms with Crippen LogP contribution in [0.5, 0.6) is 0 Å². The number of aliphatic hydroxyl groups excluding tert-OH is 3. The van der Waals surface area contributed by atoms with Crippen LogP contribution in [0.4, 0.5) is 0 Å². The molecule has 0 fully saturated rings. The highest BCUT2D eigenvalue weighted by Gasteiger charge is 2.30. The van der Waals surface area contributed by atoms with Crippen LogP contribution in [0, 0.1) is 0 Å². The topological polar surface area (TPSA) is 111 Å². The summed E-state index contributed by atoms with van der Waals surface area (Å²) in [4.78, 5) is 0. The van der Waals surface area contributed by atoms with Gasteiger partial charge in [0.1, 0.15) is 14.4 Å². The molecule has 0 aromatic rings. The maximum Gasteiger partial charge on any atom is 0.139 e. The number of nitrogens with zero attached hydrogens (tertiary/aromatic N) is 1. The number of hydrazone groups is 1. The van der Waals surface area contributed by atoms with Crippen LogP contribution in [0.15, 0.2) is 5.10 Å². The van der Waals surface area contributed by atoms with Gasteiger partial charge < -0.3 is 26.5 Å². The number of nitrogens with one attached hydrogen (secondary N) is 1. The molecule has 0 rings (SSSR count). The van der Waals surface area contributed by atoms with Gasteiger partial charge in [-0.05, 0) is 12.5 Å². The zero-order valence-electron chi connectivity index (χ0n) is 8.19. The van der Waals surface area contributed by atoms with Crippen molar-refractivity contribution in [1.29, 1.82) is 0 Å². The smallest absolute Gasteiger partial charge is 0.139 e. The fraction of sp³-hybridized carbons (Fsp3) is 0.857. The van der Waals surface area contributed by atoms with Gasteiger partial charge in [-0.25, -0.2) is 0 Å². The summed E-state index contributed by atoms with van der Waals surface area (Å²) in [6, 6.07) is 0.670. The Bertz CT molecular complexity index is 156. The van der Waals surface area contributed by atoms with Crippen molar-refractivity contribution in [2.24, 2.45) is 10.8 Å². The van der Waals surface area contributed by atoms with Crippen LogP contribution in [0.2, 0.25) is 6.04 Å². The molecule has 0 aliphatic carbocycles. The van der Waals surface area contributed by atoms with E-state index in [9.17, 15) is 0 Å². The van der Waals surface area contributed by atoms with Gasteiger partial charge in [0.05, 0.1) is 0 Å². The first-order valence-electron chi connectivity index (χ1n) is 4.53. The quantitative estimate of drug-likeness (QED) is 0.106. The van der Waals surface area contributed by atoms with E-state index < -0.39 is 8.07 Å². The molecule has 0 atom stereocenters. The van der Waals surface area contributed by atoms with Gasteiger partial charge in [-0.1, -0.05) is 0 Å². The van der Waals surface area contributed by atoms with Crippen molar-refractivity contribution in [2.45, 2.75) is 12.5 Å². The van der Waals surface area contributed by atoms with E-state index in [1.807, 2.05) is 0 Å². The predicted octanol–water partition coefficient (Wildman–Crippen LogP) is -2.09. The summed E-state index contributed by atoms with van der Waals surface area (Å²) in [7, 11) is -2.23. The van der Waals surface area contributed by atoms with Gasteiger partial charge in [-0.2, -0.15) is 5.10 Å². The van der Waals surface area contributed by atoms with Gasteiger partial charge in [-0.3, -0.25) is 0 Å². The molecule has 0 unspecified atom stereocenters. The summed E-state index contributed by atoms with van der Waals surface area (Å²) in [5.41, 5.74) is 7.71. The molecule has 0 amide bonds. The van der Waals surface area contributed by atoms with Crippen LogP contribution in [-0.4, -0.2) is 55.0 Å². The summed E-state index contributed by atoms with van der Waals surface area (Å²) >= 11 is 0. The maximum atomic E-state index is 9.05. The fourth-order valence-corrected chi connectivity index (χ4v) is 2.75. The van der Waals surface area contributed by atoms with E-state index in [0.717, 1.165) is 12.8 Å². The number of hydrogen-bond donors (Lipinski definition) is 5. The summed E-state index contributed by atoms with van der Waals surface area (Å²) in [5, 5.41) is 30.8. The number of hydrogen-bond acceptors (Lipinski definition) is 5. The molecular weight excluding hydrogens is 202 g/mol. The van der Waals surface area contributed by atoms with Crippen molar-refractivity contribution in [3.05, 3.63) is 0 Å². The van der Waals surface area contributed by atoms with Gasteiger partial charge in [0.2, 0.25) is 0 Å². The average molecular weight is 221 g/mol. The van der Waals surface area contributed by atoms with Gasteiger partial charge >= 0.3 is 0 Å². The van der Waals surface area contributed by atoms with Gasteiger partial charge in [0, 0.05) is 25.2 Å². The molecule has 7 heteroatoms. The Hall–Kier alpha value is -0.633. The van der Waals surface area contributed by atoms with Crippen LogP contribution in [0.25, 0.3) is 0 Å². The minimum absolute atomic E-state index is 0.0832. The number of nitrogens with two attached hydrogens (primary N) is 1. The van der Waals surface area contributed by atoms with Crippen LogP contribution >= 0.6 is 0 Å². The lowest BCUT2D eigenvalue weighted by Crippen LogP contribution is -2.48. The van der Waals surface area contributed by atoms with E-state index in [0.29, 0.717) is 12.6 Å². The van der Waals surface area contributed by atoms with E-state index in [2.05, 4.69) is 10.5 Å². The maximum absolute atomic E-state index is 9.05. The molecule has 6 N–H and O–H groups in total. The first-order valence-corrected chi connectivity index (χ1v) is 7.36. The van der Waals surface area contributed by atoms with Crippen molar-refractivity contribution in [2.75, 3.05) is 25.2 Å². The van der Waals surface area contributed by atoms with E-state index in [4.69, 9.17) is 21.1 Å². The molecule has 0 aromatic carbocycles. The Morgan fingerprint density at radius 3 is 2.21 bits per heavy atom. The second kappa shape index (κ2) is 7.74. The molecule has 0 heterocycles. The van der Waals surface area contributed by atoms with Gasteiger partial charge in [0.15, 0.2) is 0 Å². The van der Waals surface area contributed by atoms with E-state index in [-0.39, 0.29) is 18.7 Å². The lowest BCUT2D eigenvalue weighted by molar-refractivity contribution is 0.286. The third kappa shape index (κ3) is 4.56. The average Bonchev–Trinajstić information content (AvgIpc) is 2.24. The normalized spacial score (nSPS) is 12.2. The SMILES string of the molecule is N/C=N\NCCC[Si](CO)(CO)CO. The largest absolute Gasteiger partial charge is 0.399 e. The Balaban J connectivity index is 3.71. The summed E-state index contributed by atoms with van der Waals surface area (Å²) in [6.45, 7) is 0.627. The third-order valence-electron chi connectivity index (χ3n) is 2.17. The lowest BCUT2D eigenvalue weighted by Gasteiger charge is -2.24. The molecule has 0 aliphatic heterocycles. The summed E-state index contributed by atoms with van der Waals surface area (Å²) in [5.74, 6) is 0. The predicted molar refractivity (Wildman–Crippen MR) is 57.1 cm³/mol. The van der Waals surface area contributed by atoms with Crippen molar-refractivity contribution in [1.82, 2.24) is 5.43 Å². The molecular formula is C7H19N3O3Si. The third-order valence-corrected chi connectivity index (χ3v) is 5.59. The molecule has 0 bridgehead atoms. The molecule has 6 nitrogen and oxygen atoms in total. The van der Waals surface area contributed by atoms with Gasteiger partial charge in [-0.15, -0.1) is 0 Å². The minimum Gasteiger partial charge on any atom is -0.399 e. The number of aliphatic hydroxyl groups is 3. The molecule has 84 valence electrons. The van der Waals surface area contributed by atoms with E-state index >= 15 is 0 Å². The summed E-state index contributed by atoms with van der Waals surface area (Å²) < 4.78 is 0.